The van der Waals surface area contributed by atoms with Crippen LogP contribution in [0.4, 0.5) is 0 Å². The van der Waals surface area contributed by atoms with Crippen LogP contribution in [-0.2, 0) is 5.41 Å². The van der Waals surface area contributed by atoms with Gasteiger partial charge in [-0.25, -0.2) is 0 Å². The van der Waals surface area contributed by atoms with Gasteiger partial charge in [-0.2, -0.15) is 0 Å². The van der Waals surface area contributed by atoms with Crippen molar-refractivity contribution in [1.29, 1.82) is 0 Å². The lowest BCUT2D eigenvalue weighted by atomic mass is 9.81. The van der Waals surface area contributed by atoms with Gasteiger partial charge >= 0.3 is 0 Å². The van der Waals surface area contributed by atoms with Crippen molar-refractivity contribution >= 4 is 5.57 Å². The molecule has 0 spiro atoms. The number of phenolic OH excluding ortho intramolecular Hbond substituents is 2. The molecule has 0 atom stereocenters. The van der Waals surface area contributed by atoms with Gasteiger partial charge in [0.05, 0.1) is 0 Å². The molecule has 2 rings (SSSR count). The van der Waals surface area contributed by atoms with Crippen molar-refractivity contribution in [1.82, 2.24) is 0 Å². The van der Waals surface area contributed by atoms with Crippen LogP contribution in [0.25, 0.3) is 5.57 Å². The monoisotopic (exact) mass is 268 g/mol. The Morgan fingerprint density at radius 3 is 2.05 bits per heavy atom. The van der Waals surface area contributed by atoms with Crippen LogP contribution in [0.3, 0.4) is 0 Å². The summed E-state index contributed by atoms with van der Waals surface area (Å²) in [5.74, 6) is 0.563. The Morgan fingerprint density at radius 1 is 0.900 bits per heavy atom. The number of rotatable bonds is 3. The predicted octanol–water partition coefficient (Wildman–Crippen LogP) is 4.48. The Balaban J connectivity index is 2.43. The van der Waals surface area contributed by atoms with Crippen LogP contribution in [0, 0.1) is 0 Å². The molecule has 2 nitrogen and oxygen atoms in total. The molecule has 2 aromatic rings. The second kappa shape index (κ2) is 5.41. The molecule has 0 heterocycles. The quantitative estimate of drug-likeness (QED) is 0.861. The van der Waals surface area contributed by atoms with E-state index in [1.807, 2.05) is 51.1 Å². The van der Waals surface area contributed by atoms with Crippen LogP contribution in [0.1, 0.15) is 31.9 Å². The van der Waals surface area contributed by atoms with Gasteiger partial charge in [0.1, 0.15) is 11.5 Å². The number of allylic oxidation sites excluding steroid dienone is 2. The van der Waals surface area contributed by atoms with Gasteiger partial charge in [-0.15, -0.1) is 0 Å². The van der Waals surface area contributed by atoms with Crippen LogP contribution in [0.2, 0.25) is 0 Å². The zero-order chi connectivity index (χ0) is 14.8. The average molecular weight is 268 g/mol. The Labute approximate surface area is 120 Å². The molecule has 0 radical (unpaired) electrons. The molecule has 0 aliphatic heterocycles. The highest BCUT2D eigenvalue weighted by molar-refractivity contribution is 5.70. The first kappa shape index (κ1) is 14.2. The molecular formula is C18H20O2. The molecule has 0 aliphatic carbocycles. The number of para-hydroxylation sites is 2. The number of hydrogen-bond acceptors (Lipinski definition) is 2. The molecule has 0 fully saturated rings. The summed E-state index contributed by atoms with van der Waals surface area (Å²) < 4.78 is 0. The number of phenols is 2. The van der Waals surface area contributed by atoms with Gasteiger partial charge in [0.15, 0.2) is 0 Å². The molecule has 0 bridgehead atoms. The van der Waals surface area contributed by atoms with Gasteiger partial charge < -0.3 is 10.2 Å². The summed E-state index contributed by atoms with van der Waals surface area (Å²) in [6.07, 6.45) is 2.07. The molecule has 104 valence electrons. The van der Waals surface area contributed by atoms with E-state index in [1.54, 1.807) is 18.2 Å². The lowest BCUT2D eigenvalue weighted by Gasteiger charge is -2.23. The van der Waals surface area contributed by atoms with E-state index < -0.39 is 0 Å². The third-order valence-corrected chi connectivity index (χ3v) is 3.50. The zero-order valence-electron chi connectivity index (χ0n) is 12.1. The normalized spacial score (nSPS) is 12.4. The largest absolute Gasteiger partial charge is 0.508 e. The third-order valence-electron chi connectivity index (χ3n) is 3.50. The van der Waals surface area contributed by atoms with E-state index >= 15 is 0 Å². The van der Waals surface area contributed by atoms with Gasteiger partial charge in [-0.05, 0) is 24.6 Å². The highest BCUT2D eigenvalue weighted by Crippen LogP contribution is 2.35. The summed E-state index contributed by atoms with van der Waals surface area (Å²) in [6, 6.07) is 14.6. The highest BCUT2D eigenvalue weighted by Gasteiger charge is 2.21. The molecule has 0 aliphatic rings. The van der Waals surface area contributed by atoms with Gasteiger partial charge in [-0.3, -0.25) is 0 Å². The third kappa shape index (κ3) is 2.85. The second-order valence-corrected chi connectivity index (χ2v) is 5.58. The van der Waals surface area contributed by atoms with Gasteiger partial charge in [0.2, 0.25) is 0 Å². The molecule has 2 heteroatoms. The standard InChI is InChI=1S/C18H20O2/c1-13(14-8-4-6-10-16(14)19)12-18(2,3)15-9-5-7-11-17(15)20/h4-12,19-20H,1-3H3/b13-12-. The lowest BCUT2D eigenvalue weighted by molar-refractivity contribution is 0.455. The van der Waals surface area contributed by atoms with Crippen LogP contribution in [0.15, 0.2) is 54.6 Å². The van der Waals surface area contributed by atoms with E-state index in [0.29, 0.717) is 5.75 Å². The fraction of sp³-hybridized carbons (Fsp3) is 0.222. The van der Waals surface area contributed by atoms with Crippen molar-refractivity contribution in [3.63, 3.8) is 0 Å². The Bertz CT molecular complexity index is 639. The van der Waals surface area contributed by atoms with Gasteiger partial charge in [0, 0.05) is 16.5 Å². The second-order valence-electron chi connectivity index (χ2n) is 5.58. The predicted molar refractivity (Wildman–Crippen MR) is 82.9 cm³/mol. The summed E-state index contributed by atoms with van der Waals surface area (Å²) in [4.78, 5) is 0. The number of benzene rings is 2. The Hall–Kier alpha value is -2.22. The maximum atomic E-state index is 10.0. The van der Waals surface area contributed by atoms with E-state index in [-0.39, 0.29) is 11.2 Å². The van der Waals surface area contributed by atoms with E-state index in [1.165, 1.54) is 0 Å². The summed E-state index contributed by atoms with van der Waals surface area (Å²) in [6.45, 7) is 6.06. The van der Waals surface area contributed by atoms with Crippen LogP contribution in [0.5, 0.6) is 11.5 Å². The minimum atomic E-state index is -0.322. The summed E-state index contributed by atoms with van der Waals surface area (Å²) in [5.41, 5.74) is 2.35. The fourth-order valence-corrected chi connectivity index (χ4v) is 2.52. The fourth-order valence-electron chi connectivity index (χ4n) is 2.52. The van der Waals surface area contributed by atoms with Crippen molar-refractivity contribution < 1.29 is 10.2 Å². The Morgan fingerprint density at radius 2 is 1.45 bits per heavy atom. The van der Waals surface area contributed by atoms with Crippen molar-refractivity contribution in [3.8, 4) is 11.5 Å². The highest BCUT2D eigenvalue weighted by atomic mass is 16.3. The van der Waals surface area contributed by atoms with Gasteiger partial charge in [-0.1, -0.05) is 56.3 Å². The first-order valence-electron chi connectivity index (χ1n) is 6.68. The topological polar surface area (TPSA) is 40.5 Å². The van der Waals surface area contributed by atoms with E-state index in [9.17, 15) is 10.2 Å². The van der Waals surface area contributed by atoms with E-state index in [2.05, 4.69) is 6.08 Å². The molecule has 2 N–H and O–H groups in total. The van der Waals surface area contributed by atoms with E-state index in [0.717, 1.165) is 16.7 Å². The van der Waals surface area contributed by atoms with Crippen LogP contribution in [-0.4, -0.2) is 10.2 Å². The maximum Gasteiger partial charge on any atom is 0.123 e. The van der Waals surface area contributed by atoms with Crippen LogP contribution < -0.4 is 0 Å². The summed E-state index contributed by atoms with van der Waals surface area (Å²) >= 11 is 0. The van der Waals surface area contributed by atoms with Crippen molar-refractivity contribution in [2.24, 2.45) is 0 Å². The van der Waals surface area contributed by atoms with Crippen molar-refractivity contribution in [3.05, 3.63) is 65.7 Å². The van der Waals surface area contributed by atoms with E-state index in [4.69, 9.17) is 0 Å². The number of hydrogen-bond donors (Lipinski definition) is 2. The molecule has 0 aromatic heterocycles. The van der Waals surface area contributed by atoms with Crippen molar-refractivity contribution in [2.75, 3.05) is 0 Å². The molecule has 0 amide bonds. The number of aromatic hydroxyl groups is 2. The molecular weight excluding hydrogens is 248 g/mol. The van der Waals surface area contributed by atoms with Crippen LogP contribution >= 0.6 is 0 Å². The molecule has 0 unspecified atom stereocenters. The lowest BCUT2D eigenvalue weighted by Crippen LogP contribution is -2.14. The van der Waals surface area contributed by atoms with Crippen molar-refractivity contribution in [2.45, 2.75) is 26.2 Å². The molecule has 0 saturated carbocycles. The molecule has 2 aromatic carbocycles. The summed E-state index contributed by atoms with van der Waals surface area (Å²) in [5, 5.41) is 19.9. The SMILES string of the molecule is C/C(=C/C(C)(C)c1ccccc1O)c1ccccc1O. The first-order valence-corrected chi connectivity index (χ1v) is 6.68. The maximum absolute atomic E-state index is 10.0. The Kier molecular flexibility index (Phi) is 3.84. The van der Waals surface area contributed by atoms with Gasteiger partial charge in [0.25, 0.3) is 0 Å². The summed E-state index contributed by atoms with van der Waals surface area (Å²) in [7, 11) is 0. The minimum Gasteiger partial charge on any atom is -0.508 e. The molecule has 20 heavy (non-hydrogen) atoms. The minimum absolute atomic E-state index is 0.273. The average Bonchev–Trinajstić information content (AvgIpc) is 2.38. The zero-order valence-corrected chi connectivity index (χ0v) is 12.1. The first-order chi connectivity index (χ1) is 9.42. The smallest absolute Gasteiger partial charge is 0.123 e. The molecule has 0 saturated heterocycles.